The molecule has 5 N–H and O–H groups in total. The molecule has 5 aromatic carbocycles. The Hall–Kier alpha value is -6.21. The maximum Gasteiger partial charge on any atom is 0.305 e. The molecule has 120 heavy (non-hydrogen) atoms. The minimum Gasteiger partial charge on any atom is -0.497 e. The molecule has 0 bridgehead atoms. The van der Waals surface area contributed by atoms with Crippen molar-refractivity contribution in [2.45, 2.75) is 314 Å². The average Bonchev–Trinajstić information content (AvgIpc) is 1.73. The molecule has 4 aliphatic rings. The molecule has 4 heterocycles. The van der Waals surface area contributed by atoms with E-state index in [1.807, 2.05) is 176 Å². The lowest BCUT2D eigenvalue weighted by Gasteiger charge is -2.26. The van der Waals surface area contributed by atoms with E-state index in [1.54, 1.807) is 21.1 Å². The van der Waals surface area contributed by atoms with Gasteiger partial charge in [0.1, 0.15) is 24.1 Å². The summed E-state index contributed by atoms with van der Waals surface area (Å²) in [5.74, 6) is 1.53. The number of hydrogen-bond acceptors (Lipinski definition) is 24. The number of esters is 1. The molecule has 678 valence electrons. The molecule has 9 atom stereocenters. The molecule has 0 spiro atoms. The fourth-order valence-electron chi connectivity index (χ4n) is 13.0. The summed E-state index contributed by atoms with van der Waals surface area (Å²) in [5.41, 5.74) is 2.28. The Kier molecular flexibility index (Phi) is 53.4. The van der Waals surface area contributed by atoms with Crippen molar-refractivity contribution in [3.63, 3.8) is 0 Å². The highest BCUT2D eigenvalue weighted by Crippen LogP contribution is 2.34. The van der Waals surface area contributed by atoms with Gasteiger partial charge in [-0.15, -0.1) is 0 Å². The maximum absolute atomic E-state index is 11.1. The van der Waals surface area contributed by atoms with Gasteiger partial charge >= 0.3 is 5.97 Å². The van der Waals surface area contributed by atoms with Crippen LogP contribution in [0.15, 0.2) is 140 Å². The molecule has 4 saturated heterocycles. The van der Waals surface area contributed by atoms with Crippen LogP contribution in [0.25, 0.3) is 0 Å². The monoisotopic (exact) mass is 1690 g/mol. The van der Waals surface area contributed by atoms with E-state index in [4.69, 9.17) is 81.3 Å². The fourth-order valence-corrected chi connectivity index (χ4v) is 13.0. The predicted octanol–water partition coefficient (Wildman–Crippen LogP) is 16.8. The second-order valence-corrected chi connectivity index (χ2v) is 32.7. The number of aliphatic hydroxyl groups is 5. The van der Waals surface area contributed by atoms with E-state index in [2.05, 4.69) is 23.8 Å². The zero-order valence-corrected chi connectivity index (χ0v) is 74.5. The molecule has 9 rings (SSSR count). The van der Waals surface area contributed by atoms with Gasteiger partial charge < -0.3 is 111 Å². The lowest BCUT2D eigenvalue weighted by Crippen LogP contribution is -2.30. The summed E-state index contributed by atoms with van der Waals surface area (Å²) in [6.45, 7) is 26.0. The third kappa shape index (κ3) is 46.5. The van der Waals surface area contributed by atoms with Crippen molar-refractivity contribution in [1.29, 1.82) is 0 Å². The second kappa shape index (κ2) is 60.4. The number of rotatable bonds is 52. The van der Waals surface area contributed by atoms with Crippen LogP contribution in [0, 0.1) is 0 Å². The highest BCUT2D eigenvalue weighted by Gasteiger charge is 2.40. The standard InChI is InChI=1S/C25H34O5.C18H26O5.C14H28O4.C14H26O4.C13H18O3.C12H18O3/c1-25(15-17-28-18-21-8-4-3-5-9-21)20-29-24(30-25)10-6-7-16-27-19-22-11-13-23(26-2)14-12-22;1-18(11-12-21-13-15-7-4-3-5-8-15)14-22-17(23-18)10-6-9-16(19)20-2;2*1-4-14(16,5-2)8-6-7-12-17-11-13(3,18-12)9-10-15;1-15-13-7-5-12(6-8-13)11-16-10-4-2-3-9-14;1-12(14,10-13)7-8-15-9-11-5-3-2-4-6-11/h3-5,8-9,11-14,24H,6-7,10,15-20H2,1-2H3;3-5,7-8,17H,6,9-14H2,1-2H3;12,15-16H,4-11H2,1-3H3;10,12,16H,4-9,11H2,1-3H3;5-9H,2-4,10-11H2,1H3;2-6,13-14H,7-10H2,1H3/t24?,25-;17?,18-;2*12?,13-;;12-/m1111.1/s1. The molecule has 24 nitrogen and oxygen atoms in total. The summed E-state index contributed by atoms with van der Waals surface area (Å²) >= 11 is 0. The van der Waals surface area contributed by atoms with Crippen LogP contribution in [-0.2, 0) is 114 Å². The minimum atomic E-state index is -1.03. The zero-order valence-electron chi connectivity index (χ0n) is 74.5. The van der Waals surface area contributed by atoms with Gasteiger partial charge in [0.05, 0.1) is 127 Å². The van der Waals surface area contributed by atoms with Crippen LogP contribution in [0.2, 0.25) is 0 Å². The summed E-state index contributed by atoms with van der Waals surface area (Å²) in [6.07, 6.45) is 19.4. The average molecular weight is 1690 g/mol. The van der Waals surface area contributed by atoms with E-state index in [1.165, 1.54) is 18.2 Å². The highest BCUT2D eigenvalue weighted by molar-refractivity contribution is 5.69. The zero-order chi connectivity index (χ0) is 87.7. The Morgan fingerprint density at radius 1 is 0.417 bits per heavy atom. The molecule has 4 fully saturated rings. The van der Waals surface area contributed by atoms with Gasteiger partial charge in [-0.25, -0.2) is 0 Å². The SMILES string of the molecule is CCC(O)(CC)CCCC1OC[C@@](C)(CC=O)O1.CCC(O)(CC)CCCC1OC[C@@](C)(CCO)O1.COC(=O)CCCC1OC[C@@](C)(CCOCc2ccccc2)O1.COc1ccc(COCCCCC2OC[C@@](C)(CCOCc3ccccc3)O2)cc1.COc1ccc(COCCCCC=O)cc1.C[C@](O)(CO)CCOCc1ccccc1. The van der Waals surface area contributed by atoms with Crippen LogP contribution in [-0.4, -0.2) is 202 Å². The smallest absolute Gasteiger partial charge is 0.305 e. The number of aliphatic hydroxyl groups excluding tert-OH is 2. The summed E-state index contributed by atoms with van der Waals surface area (Å²) in [4.78, 5) is 31.7. The molecule has 0 aromatic heterocycles. The summed E-state index contributed by atoms with van der Waals surface area (Å²) < 4.78 is 89.3. The van der Waals surface area contributed by atoms with E-state index in [0.717, 1.165) is 157 Å². The molecule has 0 radical (unpaired) electrons. The van der Waals surface area contributed by atoms with Gasteiger partial charge in [-0.2, -0.15) is 0 Å². The van der Waals surface area contributed by atoms with Crippen molar-refractivity contribution in [1.82, 2.24) is 0 Å². The second-order valence-electron chi connectivity index (χ2n) is 32.7. The summed E-state index contributed by atoms with van der Waals surface area (Å²) in [7, 11) is 4.72. The van der Waals surface area contributed by atoms with Crippen LogP contribution in [0.5, 0.6) is 11.5 Å². The Bertz CT molecular complexity index is 3370. The van der Waals surface area contributed by atoms with Gasteiger partial charge in [0.2, 0.25) is 0 Å². The third-order valence-corrected chi connectivity index (χ3v) is 21.7. The van der Waals surface area contributed by atoms with E-state index < -0.39 is 22.4 Å². The van der Waals surface area contributed by atoms with Crippen molar-refractivity contribution in [3.05, 3.63) is 167 Å². The van der Waals surface area contributed by atoms with Crippen LogP contribution in [0.3, 0.4) is 0 Å². The summed E-state index contributed by atoms with van der Waals surface area (Å²) in [6, 6.07) is 46.0. The van der Waals surface area contributed by atoms with Crippen LogP contribution >= 0.6 is 0 Å². The van der Waals surface area contributed by atoms with Gasteiger partial charge in [-0.1, -0.05) is 143 Å². The van der Waals surface area contributed by atoms with Gasteiger partial charge in [0.25, 0.3) is 0 Å². The third-order valence-electron chi connectivity index (χ3n) is 21.7. The first kappa shape index (κ1) is 106. The van der Waals surface area contributed by atoms with Crippen LogP contribution < -0.4 is 9.47 Å². The Labute approximate surface area is 717 Å². The number of carbonyl (C=O) groups excluding carboxylic acids is 3. The molecular formula is C96H150O24. The maximum atomic E-state index is 11.1. The number of benzene rings is 5. The highest BCUT2D eigenvalue weighted by atomic mass is 16.7. The largest absolute Gasteiger partial charge is 0.497 e. The first-order valence-electron chi connectivity index (χ1n) is 43.5. The number of carbonyl (C=O) groups is 3. The molecule has 5 aromatic rings. The van der Waals surface area contributed by atoms with E-state index in [9.17, 15) is 29.7 Å². The van der Waals surface area contributed by atoms with Crippen molar-refractivity contribution < 1.29 is 116 Å². The van der Waals surface area contributed by atoms with E-state index in [0.29, 0.717) is 131 Å². The summed E-state index contributed by atoms with van der Waals surface area (Å²) in [5, 5.41) is 47.6. The fraction of sp³-hybridized carbons (Fsp3) is 0.656. The lowest BCUT2D eigenvalue weighted by molar-refractivity contribution is -0.141. The number of methoxy groups -OCH3 is 3. The molecule has 0 saturated carbocycles. The molecule has 0 aliphatic carbocycles. The Morgan fingerprint density at radius 3 is 1.12 bits per heavy atom. The van der Waals surface area contributed by atoms with E-state index >= 15 is 0 Å². The van der Waals surface area contributed by atoms with Gasteiger partial charge in [-0.3, -0.25) is 4.79 Å². The molecule has 0 amide bonds. The first-order valence-corrected chi connectivity index (χ1v) is 43.5. The number of hydrogen-bond donors (Lipinski definition) is 5. The molecular weight excluding hydrogens is 1540 g/mol. The van der Waals surface area contributed by atoms with Gasteiger partial charge in [0, 0.05) is 84.6 Å². The molecule has 24 heteroatoms. The number of unbranched alkanes of at least 4 members (excludes halogenated alkanes) is 3. The first-order chi connectivity index (χ1) is 57.7. The number of ether oxygens (including phenoxy) is 16. The Morgan fingerprint density at radius 2 is 0.758 bits per heavy atom. The lowest BCUT2D eigenvalue weighted by atomic mass is 9.91. The van der Waals surface area contributed by atoms with Crippen molar-refractivity contribution in [2.24, 2.45) is 0 Å². The minimum absolute atomic E-state index is 0.120. The van der Waals surface area contributed by atoms with Crippen LogP contribution in [0.1, 0.15) is 244 Å². The van der Waals surface area contributed by atoms with Gasteiger partial charge in [0.15, 0.2) is 25.2 Å². The van der Waals surface area contributed by atoms with E-state index in [-0.39, 0.29) is 61.1 Å². The van der Waals surface area contributed by atoms with Crippen molar-refractivity contribution in [2.75, 3.05) is 94.0 Å². The topological polar surface area (TPSA) is 300 Å². The Balaban J connectivity index is 0.000000308. The van der Waals surface area contributed by atoms with Crippen LogP contribution in [0.4, 0.5) is 0 Å². The molecule has 4 unspecified atom stereocenters. The number of aldehydes is 2. The predicted molar refractivity (Wildman–Crippen MR) is 463 cm³/mol. The molecule has 4 aliphatic heterocycles. The normalized spacial score (nSPS) is 21.6. The quantitative estimate of drug-likeness (QED) is 0.0137. The van der Waals surface area contributed by atoms with Crippen molar-refractivity contribution in [3.8, 4) is 11.5 Å². The van der Waals surface area contributed by atoms with Crippen molar-refractivity contribution >= 4 is 18.5 Å². The van der Waals surface area contributed by atoms with Gasteiger partial charge in [-0.05, 0) is 196 Å².